The Morgan fingerprint density at radius 3 is 0.417 bits per heavy atom. The normalized spacial score (nSPS) is 0.833. The first kappa shape index (κ1) is 92.3. The van der Waals surface area contributed by atoms with Gasteiger partial charge in [0, 0.05) is 0 Å². The van der Waals surface area contributed by atoms with Gasteiger partial charge in [-0.25, -0.2) is 0 Å². The van der Waals surface area contributed by atoms with Crippen molar-refractivity contribution in [3.8, 4) is 0 Å². The van der Waals surface area contributed by atoms with E-state index < -0.39 is 0 Å². The van der Waals surface area contributed by atoms with Gasteiger partial charge in [-0.1, -0.05) is 0 Å². The van der Waals surface area contributed by atoms with Crippen LogP contribution in [0.1, 0.15) is 0 Å². The van der Waals surface area contributed by atoms with Crippen LogP contribution in [0.2, 0.25) is 0 Å². The first-order valence-electron chi connectivity index (χ1n) is 1.12. The zero-order chi connectivity index (χ0) is 10.0. The minimum Gasteiger partial charge on any atom is -0.512 e. The summed E-state index contributed by atoms with van der Waals surface area (Å²) in [5.74, 6) is 0. The predicted molar refractivity (Wildman–Crippen MR) is 29.9 cm³/mol. The molecule has 0 atom stereocenters. The molecule has 0 aromatic carbocycles. The molecule has 7 heteroatoms. The summed E-state index contributed by atoms with van der Waals surface area (Å²) in [5, 5.41) is 31.2. The number of hydrogen-bond acceptors (Lipinski definition) is 6. The van der Waals surface area contributed by atoms with Crippen LogP contribution in [0.4, 0.5) is 0 Å². The maximum atomic E-state index is 6.25. The topological polar surface area (TPSA) is 154 Å². The summed E-state index contributed by atoms with van der Waals surface area (Å²) in [5.41, 5.74) is 0. The van der Waals surface area contributed by atoms with Crippen molar-refractivity contribution < 1.29 is 17.1 Å². The molecule has 6 nitrogen and oxygen atoms in total. The van der Waals surface area contributed by atoms with Crippen LogP contribution in [0.5, 0.6) is 0 Å². The van der Waals surface area contributed by atoms with Gasteiger partial charge in [-0.15, -0.1) is 0 Å². The monoisotopic (exact) mass is 203 g/mol. The molecule has 63 valence electrons. The average molecular weight is 203 g/mol. The zero-order valence-corrected chi connectivity index (χ0v) is 6.90. The van der Waals surface area contributed by atoms with E-state index in [1.54, 1.807) is 0 Å². The predicted octanol–water partition coefficient (Wildman–Crippen LogP) is 0.641. The van der Waals surface area contributed by atoms with Gasteiger partial charge >= 0.3 is 17.1 Å². The maximum absolute atomic E-state index is 6.25. The van der Waals surface area contributed by atoms with Crippen LogP contribution in [-0.2, 0) is 17.1 Å². The number of nitrogens with zero attached hydrogens (tertiary/aromatic N) is 5. The summed E-state index contributed by atoms with van der Waals surface area (Å²) in [7, 11) is 0. The van der Waals surface area contributed by atoms with Gasteiger partial charge in [-0.3, -0.25) is 0 Å². The molecule has 1 radical (unpaired) electrons. The fourth-order valence-corrected chi connectivity index (χ4v) is 0. The molecular formula is C5H3FeN6-2. The van der Waals surface area contributed by atoms with Crippen molar-refractivity contribution in [2.45, 2.75) is 0 Å². The number of rotatable bonds is 0. The molecule has 0 fully saturated rings. The molecule has 0 aromatic heterocycles. The maximum Gasteiger partial charge on any atom is 3.00 e. The minimum atomic E-state index is 0. The summed E-state index contributed by atoms with van der Waals surface area (Å²) in [6, 6.07) is 0. The van der Waals surface area contributed by atoms with Crippen LogP contribution in [0, 0.1) is 59.2 Å². The van der Waals surface area contributed by atoms with Gasteiger partial charge in [0.15, 0.2) is 0 Å². The summed E-state index contributed by atoms with van der Waals surface area (Å²) in [6.07, 6.45) is 0. The average Bonchev–Trinajstić information content (AvgIpc) is 2.20. The standard InChI is InChI=1S/5CN.Fe.H3N/c5*1-2;;/h;;;;;;1H3/q5*-1;+3;. The third-order valence-electron chi connectivity index (χ3n) is 0. The van der Waals surface area contributed by atoms with E-state index in [4.69, 9.17) is 59.2 Å². The summed E-state index contributed by atoms with van der Waals surface area (Å²) < 4.78 is 0. The summed E-state index contributed by atoms with van der Waals surface area (Å²) in [4.78, 5) is 0. The van der Waals surface area contributed by atoms with Gasteiger partial charge in [0.05, 0.1) is 0 Å². The Bertz CT molecular complexity index is 74.5. The first-order chi connectivity index (χ1) is 5.00. The smallest absolute Gasteiger partial charge is 0.512 e. The van der Waals surface area contributed by atoms with E-state index in [9.17, 15) is 0 Å². The molecule has 12 heavy (non-hydrogen) atoms. The second-order valence-electron chi connectivity index (χ2n) is 0. The first-order valence-corrected chi connectivity index (χ1v) is 1.12. The Kier molecular flexibility index (Phi) is 1010. The fraction of sp³-hybridized carbons (Fsp3) is 0. The second-order valence-corrected chi connectivity index (χ2v) is 0. The molecule has 0 aliphatic heterocycles. The Morgan fingerprint density at radius 2 is 0.417 bits per heavy atom. The molecule has 0 spiro atoms. The van der Waals surface area contributed by atoms with Gasteiger partial charge < -0.3 is 65.3 Å². The fourth-order valence-electron chi connectivity index (χ4n) is 0. The molecule has 0 amide bonds. The van der Waals surface area contributed by atoms with Crippen LogP contribution >= 0.6 is 0 Å². The van der Waals surface area contributed by atoms with Gasteiger partial charge in [-0.05, 0) is 0 Å². The molecule has 0 unspecified atom stereocenters. The quantitative estimate of drug-likeness (QED) is 0.449. The van der Waals surface area contributed by atoms with Crippen molar-refractivity contribution in [1.82, 2.24) is 6.15 Å². The van der Waals surface area contributed by atoms with E-state index in [1.807, 2.05) is 0 Å². The Balaban J connectivity index is -0.00000000500. The Morgan fingerprint density at radius 1 is 0.417 bits per heavy atom. The van der Waals surface area contributed by atoms with E-state index in [0.717, 1.165) is 0 Å². The molecular weight excluding hydrogens is 200 g/mol. The molecule has 0 aliphatic carbocycles. The van der Waals surface area contributed by atoms with Gasteiger partial charge in [0.25, 0.3) is 0 Å². The molecule has 0 rings (SSSR count). The SMILES string of the molecule is N.[C-]#N.[C-]#N.[C-]#N.[C-]#N.[C-]#N.[Fe+3]. The Hall–Kier alpha value is -2.07. The summed E-state index contributed by atoms with van der Waals surface area (Å²) >= 11 is 0. The van der Waals surface area contributed by atoms with Crippen molar-refractivity contribution in [3.63, 3.8) is 0 Å². The van der Waals surface area contributed by atoms with Crippen molar-refractivity contribution in [1.29, 1.82) is 26.3 Å². The van der Waals surface area contributed by atoms with Crippen molar-refractivity contribution in [3.05, 3.63) is 32.9 Å². The van der Waals surface area contributed by atoms with Crippen LogP contribution in [0.15, 0.2) is 0 Å². The van der Waals surface area contributed by atoms with Gasteiger partial charge in [-0.2, -0.15) is 0 Å². The zero-order valence-electron chi connectivity index (χ0n) is 5.80. The molecule has 3 N–H and O–H groups in total. The van der Waals surface area contributed by atoms with Crippen molar-refractivity contribution in [2.24, 2.45) is 0 Å². The number of hydrogen-bond donors (Lipinski definition) is 1. The molecule has 0 saturated carbocycles. The summed E-state index contributed by atoms with van der Waals surface area (Å²) in [6.45, 7) is 23.8. The molecule has 0 aromatic rings. The van der Waals surface area contributed by atoms with E-state index >= 15 is 0 Å². The van der Waals surface area contributed by atoms with E-state index in [0.29, 0.717) is 0 Å². The second kappa shape index (κ2) is 131. The minimum absolute atomic E-state index is 0. The van der Waals surface area contributed by atoms with Gasteiger partial charge in [0.2, 0.25) is 0 Å². The molecule has 0 heterocycles. The van der Waals surface area contributed by atoms with Crippen molar-refractivity contribution >= 4 is 0 Å². The Labute approximate surface area is 82.9 Å². The van der Waals surface area contributed by atoms with E-state index in [1.165, 1.54) is 0 Å². The largest absolute Gasteiger partial charge is 3.00 e. The molecule has 0 aliphatic rings. The van der Waals surface area contributed by atoms with Crippen LogP contribution in [0.3, 0.4) is 0 Å². The van der Waals surface area contributed by atoms with E-state index in [2.05, 4.69) is 0 Å². The third-order valence-corrected chi connectivity index (χ3v) is 0. The van der Waals surface area contributed by atoms with Crippen LogP contribution < -0.4 is 6.15 Å². The van der Waals surface area contributed by atoms with Crippen molar-refractivity contribution in [2.75, 3.05) is 0 Å². The third kappa shape index (κ3) is 88.8. The molecule has 0 saturated heterocycles. The van der Waals surface area contributed by atoms with Crippen LogP contribution in [-0.4, -0.2) is 0 Å². The van der Waals surface area contributed by atoms with Crippen LogP contribution in [0.25, 0.3) is 0 Å². The molecule has 0 bridgehead atoms. The van der Waals surface area contributed by atoms with Gasteiger partial charge in [0.1, 0.15) is 0 Å². The van der Waals surface area contributed by atoms with E-state index in [-0.39, 0.29) is 23.2 Å².